The summed E-state index contributed by atoms with van der Waals surface area (Å²) in [6, 6.07) is 11.7. The van der Waals surface area contributed by atoms with Gasteiger partial charge in [-0.25, -0.2) is 13.1 Å². The van der Waals surface area contributed by atoms with Crippen molar-refractivity contribution in [2.24, 2.45) is 11.3 Å². The number of sulfonamides is 1. The van der Waals surface area contributed by atoms with Crippen LogP contribution in [-0.2, 0) is 35.6 Å². The summed E-state index contributed by atoms with van der Waals surface area (Å²) in [4.78, 5) is 42.3. The van der Waals surface area contributed by atoms with Gasteiger partial charge >= 0.3 is 6.36 Å². The van der Waals surface area contributed by atoms with Crippen LogP contribution in [0, 0.1) is 11.3 Å². The number of amides is 3. The first-order valence-electron chi connectivity index (χ1n) is 15.8. The Morgan fingerprint density at radius 3 is 2.04 bits per heavy atom. The maximum absolute atomic E-state index is 14.1. The van der Waals surface area contributed by atoms with Crippen LogP contribution in [0.15, 0.2) is 66.2 Å². The van der Waals surface area contributed by atoms with Gasteiger partial charge in [0.25, 0.3) is 5.91 Å². The fraction of sp³-hybridized carbons (Fsp3) is 0.514. The quantitative estimate of drug-likeness (QED) is 0.234. The van der Waals surface area contributed by atoms with E-state index >= 15 is 0 Å². The molecule has 49 heavy (non-hydrogen) atoms. The third kappa shape index (κ3) is 11.9. The largest absolute Gasteiger partial charge is 0.573 e. The molecule has 2 aromatic rings. The van der Waals surface area contributed by atoms with E-state index in [1.165, 1.54) is 30.0 Å². The van der Waals surface area contributed by atoms with Gasteiger partial charge < -0.3 is 20.3 Å². The molecule has 2 rings (SSSR count). The zero-order chi connectivity index (χ0) is 37.5. The molecule has 0 heterocycles. The van der Waals surface area contributed by atoms with Gasteiger partial charge in [-0.2, -0.15) is 0 Å². The van der Waals surface area contributed by atoms with Crippen molar-refractivity contribution in [3.05, 3.63) is 77.4 Å². The number of nitrogens with one attached hydrogen (secondary N) is 3. The van der Waals surface area contributed by atoms with Crippen molar-refractivity contribution in [2.45, 2.75) is 91.0 Å². The summed E-state index contributed by atoms with van der Waals surface area (Å²) in [5, 5.41) is 6.06. The van der Waals surface area contributed by atoms with E-state index in [2.05, 4.69) is 15.4 Å². The number of likely N-dealkylation sites (N-methyl/N-ethyl adjacent to an activating group) is 2. The van der Waals surface area contributed by atoms with Crippen LogP contribution in [0.4, 0.5) is 13.2 Å². The third-order valence-electron chi connectivity index (χ3n) is 8.18. The number of benzene rings is 2. The monoisotopic (exact) mass is 710 g/mol. The van der Waals surface area contributed by atoms with Gasteiger partial charge in [0.15, 0.2) is 0 Å². The fourth-order valence-corrected chi connectivity index (χ4v) is 6.61. The highest BCUT2D eigenvalue weighted by atomic mass is 32.2. The number of ether oxygens (including phenoxy) is 1. The Hall–Kier alpha value is -3.91. The van der Waals surface area contributed by atoms with Gasteiger partial charge in [0.2, 0.25) is 21.8 Å². The average molecular weight is 711 g/mol. The van der Waals surface area contributed by atoms with E-state index < -0.39 is 68.7 Å². The molecule has 0 bridgehead atoms. The van der Waals surface area contributed by atoms with Gasteiger partial charge in [-0.1, -0.05) is 97.0 Å². The van der Waals surface area contributed by atoms with Crippen LogP contribution in [0.25, 0.3) is 0 Å². The summed E-state index contributed by atoms with van der Waals surface area (Å²) in [5.74, 6) is -3.36. The standard InChI is InChI=1S/C35H49F3N4O6S/c1-22(2)27(19-23(3)30(43)41-49(46,47)21-24-15-14-18-26(20-24)48-35(36,37)38)42(10)32(45)29(33(4,5)6)40-31(44)28(39-9)34(7,8)25-16-12-11-13-17-25/h11-20,22,27-29,39H,21H2,1-10H3,(H,40,44)(H,41,43). The molecule has 3 atom stereocenters. The lowest BCUT2D eigenvalue weighted by molar-refractivity contribution is -0.274. The second-order valence-electron chi connectivity index (χ2n) is 14.0. The van der Waals surface area contributed by atoms with Crippen molar-refractivity contribution in [3.63, 3.8) is 0 Å². The molecule has 0 aromatic heterocycles. The second kappa shape index (κ2) is 16.2. The zero-order valence-electron chi connectivity index (χ0n) is 29.7. The lowest BCUT2D eigenvalue weighted by atomic mass is 9.76. The normalized spacial score (nSPS) is 14.9. The minimum absolute atomic E-state index is 0.00715. The summed E-state index contributed by atoms with van der Waals surface area (Å²) >= 11 is 0. The van der Waals surface area contributed by atoms with E-state index in [-0.39, 0.29) is 23.0 Å². The van der Waals surface area contributed by atoms with Gasteiger partial charge in [0, 0.05) is 18.0 Å². The van der Waals surface area contributed by atoms with E-state index in [4.69, 9.17) is 0 Å². The van der Waals surface area contributed by atoms with Crippen LogP contribution in [0.1, 0.15) is 66.5 Å². The Morgan fingerprint density at radius 2 is 1.53 bits per heavy atom. The van der Waals surface area contributed by atoms with E-state index in [1.54, 1.807) is 14.1 Å². The lowest BCUT2D eigenvalue weighted by Gasteiger charge is -2.40. The Balaban J connectivity index is 2.28. The fourth-order valence-electron chi connectivity index (χ4n) is 5.47. The zero-order valence-corrected chi connectivity index (χ0v) is 30.5. The molecule has 0 saturated carbocycles. The molecule has 0 aliphatic carbocycles. The molecule has 3 N–H and O–H groups in total. The number of nitrogens with zero attached hydrogens (tertiary/aromatic N) is 1. The van der Waals surface area contributed by atoms with Crippen LogP contribution in [0.3, 0.4) is 0 Å². The Bertz CT molecular complexity index is 1600. The summed E-state index contributed by atoms with van der Waals surface area (Å²) < 4.78 is 69.1. The maximum Gasteiger partial charge on any atom is 0.573 e. The van der Waals surface area contributed by atoms with Gasteiger partial charge in [-0.15, -0.1) is 13.2 Å². The maximum atomic E-state index is 14.1. The molecule has 10 nitrogen and oxygen atoms in total. The topological polar surface area (TPSA) is 134 Å². The number of carbonyl (C=O) groups is 3. The molecule has 3 unspecified atom stereocenters. The first kappa shape index (κ1) is 41.3. The van der Waals surface area contributed by atoms with Crippen LogP contribution in [0.2, 0.25) is 0 Å². The molecule has 0 aliphatic rings. The van der Waals surface area contributed by atoms with Crippen LogP contribution in [-0.4, -0.2) is 69.6 Å². The van der Waals surface area contributed by atoms with Crippen LogP contribution >= 0.6 is 0 Å². The summed E-state index contributed by atoms with van der Waals surface area (Å²) in [5.41, 5.74) is -0.454. The highest BCUT2D eigenvalue weighted by Crippen LogP contribution is 2.29. The first-order valence-corrected chi connectivity index (χ1v) is 17.4. The highest BCUT2D eigenvalue weighted by molar-refractivity contribution is 7.89. The Morgan fingerprint density at radius 1 is 0.939 bits per heavy atom. The van der Waals surface area contributed by atoms with Gasteiger partial charge in [0.1, 0.15) is 11.8 Å². The van der Waals surface area contributed by atoms with E-state index in [1.807, 2.05) is 83.5 Å². The molecular formula is C35H49F3N4O6S. The third-order valence-corrected chi connectivity index (χ3v) is 9.39. The van der Waals surface area contributed by atoms with Crippen LogP contribution in [0.5, 0.6) is 5.75 Å². The van der Waals surface area contributed by atoms with Crippen molar-refractivity contribution in [1.29, 1.82) is 0 Å². The van der Waals surface area contributed by atoms with Crippen molar-refractivity contribution >= 4 is 27.7 Å². The van der Waals surface area contributed by atoms with Gasteiger partial charge in [-0.3, -0.25) is 14.4 Å². The molecule has 2 aromatic carbocycles. The molecule has 0 fully saturated rings. The smallest absolute Gasteiger partial charge is 0.406 e. The lowest BCUT2D eigenvalue weighted by Crippen LogP contribution is -2.61. The van der Waals surface area contributed by atoms with E-state index in [0.29, 0.717) is 0 Å². The van der Waals surface area contributed by atoms with Gasteiger partial charge in [-0.05, 0) is 48.6 Å². The highest BCUT2D eigenvalue weighted by Gasteiger charge is 2.41. The molecular weight excluding hydrogens is 661 g/mol. The van der Waals surface area contributed by atoms with Crippen LogP contribution < -0.4 is 20.1 Å². The molecule has 3 amide bonds. The molecule has 0 saturated heterocycles. The summed E-state index contributed by atoms with van der Waals surface area (Å²) in [6.45, 7) is 14.4. The summed E-state index contributed by atoms with van der Waals surface area (Å²) in [7, 11) is -1.10. The molecule has 0 spiro atoms. The van der Waals surface area contributed by atoms with E-state index in [0.717, 1.165) is 17.7 Å². The molecule has 14 heteroatoms. The van der Waals surface area contributed by atoms with Crippen molar-refractivity contribution in [2.75, 3.05) is 14.1 Å². The predicted octanol–water partition coefficient (Wildman–Crippen LogP) is 5.06. The molecule has 0 aliphatic heterocycles. The Kier molecular flexibility index (Phi) is 13.6. The van der Waals surface area contributed by atoms with Crippen molar-refractivity contribution < 1.29 is 40.7 Å². The summed E-state index contributed by atoms with van der Waals surface area (Å²) in [6.07, 6.45) is -3.48. The SMILES string of the molecule is CNC(C(=O)NC(C(=O)N(C)C(C=C(C)C(=O)NS(=O)(=O)Cc1cccc(OC(F)(F)F)c1)C(C)C)C(C)(C)C)C(C)(C)c1ccccc1. The number of carbonyl (C=O) groups excluding carboxylic acids is 3. The first-order chi connectivity index (χ1) is 22.4. The number of halogens is 3. The van der Waals surface area contributed by atoms with Gasteiger partial charge in [0.05, 0.1) is 17.8 Å². The molecule has 0 radical (unpaired) electrons. The minimum Gasteiger partial charge on any atom is -0.406 e. The minimum atomic E-state index is -4.96. The number of hydrogen-bond acceptors (Lipinski definition) is 7. The van der Waals surface area contributed by atoms with Crippen molar-refractivity contribution in [3.8, 4) is 5.75 Å². The van der Waals surface area contributed by atoms with Crippen molar-refractivity contribution in [1.82, 2.24) is 20.3 Å². The number of rotatable bonds is 14. The predicted molar refractivity (Wildman–Crippen MR) is 183 cm³/mol. The Labute approximate surface area is 287 Å². The number of alkyl halides is 3. The molecule has 272 valence electrons. The second-order valence-corrected chi connectivity index (χ2v) is 15.8. The average Bonchev–Trinajstić information content (AvgIpc) is 2.96. The van der Waals surface area contributed by atoms with E-state index in [9.17, 15) is 36.0 Å². The number of hydrogen-bond donors (Lipinski definition) is 3.